The van der Waals surface area contributed by atoms with E-state index in [1.54, 1.807) is 0 Å². The quantitative estimate of drug-likeness (QED) is 0.746. The molecular weight excluding hydrogens is 220 g/mol. The number of nitrogens with zero attached hydrogens (tertiary/aromatic N) is 1. The molecule has 0 heterocycles. The van der Waals surface area contributed by atoms with Crippen LogP contribution in [0.1, 0.15) is 66.2 Å². The fraction of sp³-hybridized carbons (Fsp3) is 1.00. The molecule has 1 unspecified atom stereocenters. The molecule has 1 rings (SSSR count). The number of nitrogens with one attached hydrogen (secondary N) is 1. The van der Waals surface area contributed by atoms with Gasteiger partial charge in [-0.05, 0) is 45.1 Å². The maximum atomic E-state index is 3.62. The van der Waals surface area contributed by atoms with E-state index in [1.165, 1.54) is 38.5 Å². The average molecular weight is 254 g/mol. The zero-order valence-corrected chi connectivity index (χ0v) is 13.2. The Kier molecular flexibility index (Phi) is 7.25. The van der Waals surface area contributed by atoms with Gasteiger partial charge in [0.15, 0.2) is 0 Å². The second kappa shape index (κ2) is 8.16. The van der Waals surface area contributed by atoms with Gasteiger partial charge in [0.05, 0.1) is 0 Å². The van der Waals surface area contributed by atoms with Crippen LogP contribution in [0.4, 0.5) is 0 Å². The molecule has 108 valence electrons. The molecule has 2 nitrogen and oxygen atoms in total. The van der Waals surface area contributed by atoms with Crippen LogP contribution < -0.4 is 5.32 Å². The first-order chi connectivity index (χ1) is 8.54. The minimum Gasteiger partial charge on any atom is -0.313 e. The van der Waals surface area contributed by atoms with Crippen LogP contribution in [0, 0.1) is 5.92 Å². The highest BCUT2D eigenvalue weighted by Gasteiger charge is 2.26. The molecular formula is C16H34N2. The zero-order valence-electron chi connectivity index (χ0n) is 13.2. The first-order valence-electron chi connectivity index (χ1n) is 7.99. The molecule has 2 heteroatoms. The number of rotatable bonds is 7. The summed E-state index contributed by atoms with van der Waals surface area (Å²) in [6, 6.07) is 2.15. The summed E-state index contributed by atoms with van der Waals surface area (Å²) in [6.07, 6.45) is 8.26. The zero-order chi connectivity index (χ0) is 13.5. The van der Waals surface area contributed by atoms with Crippen molar-refractivity contribution in [2.45, 2.75) is 84.3 Å². The van der Waals surface area contributed by atoms with Crippen LogP contribution in [-0.2, 0) is 0 Å². The van der Waals surface area contributed by atoms with E-state index >= 15 is 0 Å². The Morgan fingerprint density at radius 1 is 1.17 bits per heavy atom. The molecule has 0 amide bonds. The van der Waals surface area contributed by atoms with Gasteiger partial charge in [0.1, 0.15) is 0 Å². The highest BCUT2D eigenvalue weighted by atomic mass is 15.2. The molecule has 18 heavy (non-hydrogen) atoms. The van der Waals surface area contributed by atoms with Crippen molar-refractivity contribution in [1.82, 2.24) is 10.2 Å². The molecule has 1 N–H and O–H groups in total. The largest absolute Gasteiger partial charge is 0.313 e. The van der Waals surface area contributed by atoms with Crippen molar-refractivity contribution in [3.8, 4) is 0 Å². The molecule has 0 bridgehead atoms. The van der Waals surface area contributed by atoms with Gasteiger partial charge in [-0.1, -0.05) is 34.1 Å². The van der Waals surface area contributed by atoms with E-state index in [9.17, 15) is 0 Å². The lowest BCUT2D eigenvalue weighted by Gasteiger charge is -2.39. The van der Waals surface area contributed by atoms with Crippen molar-refractivity contribution in [2.24, 2.45) is 5.92 Å². The normalized spacial score (nSPS) is 26.8. The highest BCUT2D eigenvalue weighted by Crippen LogP contribution is 2.28. The van der Waals surface area contributed by atoms with Gasteiger partial charge in [0.25, 0.3) is 0 Å². The van der Waals surface area contributed by atoms with E-state index in [4.69, 9.17) is 0 Å². The van der Waals surface area contributed by atoms with E-state index in [0.717, 1.165) is 24.5 Å². The van der Waals surface area contributed by atoms with E-state index < -0.39 is 0 Å². The Morgan fingerprint density at radius 2 is 1.78 bits per heavy atom. The minimum absolute atomic E-state index is 0.601. The van der Waals surface area contributed by atoms with Crippen LogP contribution in [0.25, 0.3) is 0 Å². The Balaban J connectivity index is 2.44. The second-order valence-electron chi connectivity index (χ2n) is 6.58. The van der Waals surface area contributed by atoms with Gasteiger partial charge in [-0.2, -0.15) is 0 Å². The number of hydrogen-bond donors (Lipinski definition) is 1. The molecule has 0 aromatic rings. The van der Waals surface area contributed by atoms with Gasteiger partial charge in [-0.3, -0.25) is 4.90 Å². The smallest absolute Gasteiger partial charge is 0.0220 e. The monoisotopic (exact) mass is 254 g/mol. The molecule has 0 radical (unpaired) electrons. The summed E-state index contributed by atoms with van der Waals surface area (Å²) in [7, 11) is 2.35. The van der Waals surface area contributed by atoms with Gasteiger partial charge in [-0.25, -0.2) is 0 Å². The minimum atomic E-state index is 0.601. The lowest BCUT2D eigenvalue weighted by atomic mass is 9.86. The molecule has 0 aliphatic heterocycles. The maximum Gasteiger partial charge on any atom is 0.0220 e. The fourth-order valence-electron chi connectivity index (χ4n) is 3.10. The van der Waals surface area contributed by atoms with Crippen LogP contribution in [0.3, 0.4) is 0 Å². The standard InChI is InChI=1S/C16H34N2/c1-6-7-16(12-17-13(2)3)18(5)15-10-8-14(4)9-11-15/h13-17H,6-12H2,1-5H3. The Labute approximate surface area is 115 Å². The summed E-state index contributed by atoms with van der Waals surface area (Å²) >= 11 is 0. The molecule has 0 aromatic heterocycles. The molecule has 1 aliphatic carbocycles. The first-order valence-corrected chi connectivity index (χ1v) is 7.99. The van der Waals surface area contributed by atoms with Crippen LogP contribution in [0.5, 0.6) is 0 Å². The number of likely N-dealkylation sites (N-methyl/N-ethyl adjacent to an activating group) is 1. The highest BCUT2D eigenvalue weighted by molar-refractivity contribution is 4.82. The summed E-state index contributed by atoms with van der Waals surface area (Å²) < 4.78 is 0. The van der Waals surface area contributed by atoms with Gasteiger partial charge in [-0.15, -0.1) is 0 Å². The topological polar surface area (TPSA) is 15.3 Å². The van der Waals surface area contributed by atoms with Gasteiger partial charge < -0.3 is 5.32 Å². The van der Waals surface area contributed by atoms with Crippen LogP contribution in [0.15, 0.2) is 0 Å². The molecule has 0 saturated heterocycles. The van der Waals surface area contributed by atoms with Crippen molar-refractivity contribution < 1.29 is 0 Å². The van der Waals surface area contributed by atoms with Crippen molar-refractivity contribution in [1.29, 1.82) is 0 Å². The van der Waals surface area contributed by atoms with Crippen molar-refractivity contribution in [2.75, 3.05) is 13.6 Å². The SMILES string of the molecule is CCCC(CNC(C)C)N(C)C1CCC(C)CC1. The van der Waals surface area contributed by atoms with Gasteiger partial charge >= 0.3 is 0 Å². The fourth-order valence-corrected chi connectivity index (χ4v) is 3.10. The molecule has 1 aliphatic rings. The number of hydrogen-bond acceptors (Lipinski definition) is 2. The lowest BCUT2D eigenvalue weighted by molar-refractivity contribution is 0.114. The average Bonchev–Trinajstić information content (AvgIpc) is 2.34. The van der Waals surface area contributed by atoms with E-state index in [1.807, 2.05) is 0 Å². The Hall–Kier alpha value is -0.0800. The lowest BCUT2D eigenvalue weighted by Crippen LogP contribution is -2.47. The van der Waals surface area contributed by atoms with E-state index in [0.29, 0.717) is 6.04 Å². The summed E-state index contributed by atoms with van der Waals surface area (Å²) in [4.78, 5) is 2.67. The van der Waals surface area contributed by atoms with Gasteiger partial charge in [0.2, 0.25) is 0 Å². The molecule has 0 aromatic carbocycles. The second-order valence-corrected chi connectivity index (χ2v) is 6.58. The molecule has 1 fully saturated rings. The predicted molar refractivity (Wildman–Crippen MR) is 81.0 cm³/mol. The van der Waals surface area contributed by atoms with Crippen molar-refractivity contribution in [3.63, 3.8) is 0 Å². The summed E-state index contributed by atoms with van der Waals surface area (Å²) in [5, 5.41) is 3.62. The van der Waals surface area contributed by atoms with E-state index in [-0.39, 0.29) is 0 Å². The first kappa shape index (κ1) is 16.0. The summed E-state index contributed by atoms with van der Waals surface area (Å²) in [5.74, 6) is 0.952. The van der Waals surface area contributed by atoms with E-state index in [2.05, 4.69) is 45.0 Å². The third-order valence-electron chi connectivity index (χ3n) is 4.52. The molecule has 1 atom stereocenters. The maximum absolute atomic E-state index is 3.62. The third kappa shape index (κ3) is 5.27. The summed E-state index contributed by atoms with van der Waals surface area (Å²) in [5.41, 5.74) is 0. The van der Waals surface area contributed by atoms with Crippen molar-refractivity contribution >= 4 is 0 Å². The van der Waals surface area contributed by atoms with Crippen LogP contribution in [-0.4, -0.2) is 36.6 Å². The van der Waals surface area contributed by atoms with Crippen LogP contribution in [0.2, 0.25) is 0 Å². The Morgan fingerprint density at radius 3 is 2.28 bits per heavy atom. The third-order valence-corrected chi connectivity index (χ3v) is 4.52. The molecule has 0 spiro atoms. The van der Waals surface area contributed by atoms with Gasteiger partial charge in [0, 0.05) is 24.7 Å². The van der Waals surface area contributed by atoms with Crippen molar-refractivity contribution in [3.05, 3.63) is 0 Å². The summed E-state index contributed by atoms with van der Waals surface area (Å²) in [6.45, 7) is 10.3. The predicted octanol–water partition coefficient (Wildman–Crippen LogP) is 3.66. The van der Waals surface area contributed by atoms with Crippen LogP contribution >= 0.6 is 0 Å². The Bertz CT molecular complexity index is 207. The molecule has 1 saturated carbocycles.